The third-order valence-corrected chi connectivity index (χ3v) is 3.81. The maximum absolute atomic E-state index is 4.95. The van der Waals surface area contributed by atoms with Crippen LogP contribution in [0.15, 0.2) is 9.52 Å². The van der Waals surface area contributed by atoms with Crippen molar-refractivity contribution >= 4 is 5.96 Å². The number of likely N-dealkylation sites (tertiary alicyclic amines) is 1. The number of hydrogen-bond acceptors (Lipinski definition) is 5. The summed E-state index contributed by atoms with van der Waals surface area (Å²) in [6.07, 6.45) is 2.28. The smallest absolute Gasteiger partial charge is 0.223 e. The Morgan fingerprint density at radius 1 is 1.43 bits per heavy atom. The van der Waals surface area contributed by atoms with Crippen LogP contribution in [0.2, 0.25) is 0 Å². The van der Waals surface area contributed by atoms with Gasteiger partial charge < -0.3 is 20.1 Å². The fourth-order valence-corrected chi connectivity index (χ4v) is 2.52. The Hall–Kier alpha value is -1.63. The molecule has 0 amide bonds. The molecule has 2 N–H and O–H groups in total. The van der Waals surface area contributed by atoms with Gasteiger partial charge in [-0.2, -0.15) is 4.98 Å². The maximum atomic E-state index is 4.95. The number of piperidine rings is 1. The lowest BCUT2D eigenvalue weighted by Crippen LogP contribution is -2.49. The predicted molar refractivity (Wildman–Crippen MR) is 82.1 cm³/mol. The highest BCUT2D eigenvalue weighted by molar-refractivity contribution is 5.79. The molecule has 0 radical (unpaired) electrons. The summed E-state index contributed by atoms with van der Waals surface area (Å²) >= 11 is 0. The fourth-order valence-electron chi connectivity index (χ4n) is 2.52. The predicted octanol–water partition coefficient (Wildman–Crippen LogP) is 0.916. The van der Waals surface area contributed by atoms with Crippen molar-refractivity contribution in [1.82, 2.24) is 25.7 Å². The highest BCUT2D eigenvalue weighted by Crippen LogP contribution is 2.12. The summed E-state index contributed by atoms with van der Waals surface area (Å²) in [5.74, 6) is 2.02. The third kappa shape index (κ3) is 4.70. The molecule has 0 aromatic carbocycles. The molecule has 1 aliphatic rings. The molecule has 7 nitrogen and oxygen atoms in total. The maximum Gasteiger partial charge on any atom is 0.223 e. The van der Waals surface area contributed by atoms with Gasteiger partial charge in [0, 0.05) is 39.1 Å². The average molecular weight is 294 g/mol. The van der Waals surface area contributed by atoms with E-state index in [0.29, 0.717) is 30.3 Å². The molecule has 1 fully saturated rings. The lowest BCUT2D eigenvalue weighted by molar-refractivity contribution is 0.167. The molecular formula is C14H26N6O. The Balaban J connectivity index is 1.75. The van der Waals surface area contributed by atoms with Crippen molar-refractivity contribution in [3.8, 4) is 0 Å². The van der Waals surface area contributed by atoms with Crippen LogP contribution in [0, 0.1) is 6.92 Å². The van der Waals surface area contributed by atoms with Gasteiger partial charge in [0.25, 0.3) is 0 Å². The molecule has 2 rings (SSSR count). The monoisotopic (exact) mass is 294 g/mol. The van der Waals surface area contributed by atoms with Crippen LogP contribution >= 0.6 is 0 Å². The van der Waals surface area contributed by atoms with E-state index in [1.54, 1.807) is 14.0 Å². The highest BCUT2D eigenvalue weighted by atomic mass is 16.5. The van der Waals surface area contributed by atoms with Gasteiger partial charge in [0.05, 0.1) is 6.54 Å². The second kappa shape index (κ2) is 7.40. The minimum Gasteiger partial charge on any atom is -0.354 e. The number of nitrogens with one attached hydrogen (secondary N) is 2. The number of aliphatic imine (C=N–C) groups is 1. The summed E-state index contributed by atoms with van der Waals surface area (Å²) in [7, 11) is 1.78. The second-order valence-corrected chi connectivity index (χ2v) is 5.70. The van der Waals surface area contributed by atoms with Gasteiger partial charge in [0.1, 0.15) is 0 Å². The van der Waals surface area contributed by atoms with Crippen LogP contribution in [-0.4, -0.2) is 53.2 Å². The van der Waals surface area contributed by atoms with Gasteiger partial charge in [0.2, 0.25) is 5.89 Å². The normalized spacial score (nSPS) is 18.2. The number of nitrogens with zero attached hydrogens (tertiary/aromatic N) is 4. The van der Waals surface area contributed by atoms with E-state index < -0.39 is 0 Å². The van der Waals surface area contributed by atoms with Gasteiger partial charge >= 0.3 is 0 Å². The van der Waals surface area contributed by atoms with E-state index in [2.05, 4.69) is 44.5 Å². The molecule has 2 heterocycles. The Morgan fingerprint density at radius 2 is 2.14 bits per heavy atom. The molecular weight excluding hydrogens is 268 g/mol. The highest BCUT2D eigenvalue weighted by Gasteiger charge is 2.21. The number of aromatic nitrogens is 2. The Bertz CT molecular complexity index is 462. The van der Waals surface area contributed by atoms with Gasteiger partial charge in [-0.3, -0.25) is 4.99 Å². The van der Waals surface area contributed by atoms with Gasteiger partial charge in [-0.15, -0.1) is 0 Å². The van der Waals surface area contributed by atoms with Gasteiger partial charge in [-0.25, -0.2) is 0 Å². The molecule has 0 spiro atoms. The Kier molecular flexibility index (Phi) is 5.55. The van der Waals surface area contributed by atoms with Crippen molar-refractivity contribution in [2.75, 3.05) is 20.1 Å². The zero-order valence-electron chi connectivity index (χ0n) is 13.4. The van der Waals surface area contributed by atoms with E-state index in [1.807, 2.05) is 0 Å². The minimum absolute atomic E-state index is 0.471. The second-order valence-electron chi connectivity index (χ2n) is 5.70. The third-order valence-electron chi connectivity index (χ3n) is 3.81. The van der Waals surface area contributed by atoms with Gasteiger partial charge in [-0.1, -0.05) is 5.16 Å². The number of hydrogen-bond donors (Lipinski definition) is 2. The van der Waals surface area contributed by atoms with Crippen LogP contribution in [0.4, 0.5) is 0 Å². The van der Waals surface area contributed by atoms with Crippen LogP contribution in [0.1, 0.15) is 38.4 Å². The summed E-state index contributed by atoms with van der Waals surface area (Å²) < 4.78 is 4.95. The molecule has 1 saturated heterocycles. The van der Waals surface area contributed by atoms with Crippen LogP contribution < -0.4 is 10.6 Å². The summed E-state index contributed by atoms with van der Waals surface area (Å²) in [5.41, 5.74) is 0. The first-order valence-electron chi connectivity index (χ1n) is 7.59. The van der Waals surface area contributed by atoms with Crippen LogP contribution in [-0.2, 0) is 6.54 Å². The summed E-state index contributed by atoms with van der Waals surface area (Å²) in [6, 6.07) is 1.10. The van der Waals surface area contributed by atoms with Crippen molar-refractivity contribution in [2.45, 2.75) is 52.2 Å². The first kappa shape index (κ1) is 15.8. The molecule has 0 aliphatic carbocycles. The van der Waals surface area contributed by atoms with Crippen molar-refractivity contribution in [3.63, 3.8) is 0 Å². The van der Waals surface area contributed by atoms with Crippen molar-refractivity contribution < 1.29 is 4.52 Å². The quantitative estimate of drug-likeness (QED) is 0.635. The van der Waals surface area contributed by atoms with Crippen LogP contribution in [0.25, 0.3) is 0 Å². The zero-order chi connectivity index (χ0) is 15.2. The van der Waals surface area contributed by atoms with Crippen molar-refractivity contribution in [2.24, 2.45) is 4.99 Å². The van der Waals surface area contributed by atoms with Crippen LogP contribution in [0.3, 0.4) is 0 Å². The van der Waals surface area contributed by atoms with E-state index >= 15 is 0 Å². The molecule has 0 atom stereocenters. The summed E-state index contributed by atoms with van der Waals surface area (Å²) in [5, 5.41) is 10.5. The van der Waals surface area contributed by atoms with E-state index in [1.165, 1.54) is 0 Å². The first-order valence-corrected chi connectivity index (χ1v) is 7.59. The molecule has 0 bridgehead atoms. The van der Waals surface area contributed by atoms with E-state index in [9.17, 15) is 0 Å². The lowest BCUT2D eigenvalue weighted by atomic mass is 10.0. The van der Waals surface area contributed by atoms with E-state index in [0.717, 1.165) is 31.9 Å². The summed E-state index contributed by atoms with van der Waals surface area (Å²) in [6.45, 7) is 9.07. The lowest BCUT2D eigenvalue weighted by Gasteiger charge is -2.35. The van der Waals surface area contributed by atoms with Gasteiger partial charge in [0.15, 0.2) is 11.8 Å². The first-order chi connectivity index (χ1) is 10.1. The van der Waals surface area contributed by atoms with Gasteiger partial charge in [-0.05, 0) is 26.7 Å². The number of aryl methyl sites for hydroxylation is 1. The van der Waals surface area contributed by atoms with E-state index in [4.69, 9.17) is 4.52 Å². The van der Waals surface area contributed by atoms with Crippen LogP contribution in [0.5, 0.6) is 0 Å². The standard InChI is InChI=1S/C14H26N6O/c1-10(2)20-7-5-12(6-8-20)18-14(15-4)16-9-13-17-11(3)21-19-13/h10,12H,5-9H2,1-4H3,(H2,15,16,18). The molecule has 7 heteroatoms. The largest absolute Gasteiger partial charge is 0.354 e. The topological polar surface area (TPSA) is 78.6 Å². The van der Waals surface area contributed by atoms with Crippen molar-refractivity contribution in [1.29, 1.82) is 0 Å². The van der Waals surface area contributed by atoms with E-state index in [-0.39, 0.29) is 0 Å². The summed E-state index contributed by atoms with van der Waals surface area (Å²) in [4.78, 5) is 10.9. The van der Waals surface area contributed by atoms with Crippen molar-refractivity contribution in [3.05, 3.63) is 11.7 Å². The average Bonchev–Trinajstić information content (AvgIpc) is 2.89. The molecule has 0 unspecified atom stereocenters. The molecule has 118 valence electrons. The fraction of sp³-hybridized carbons (Fsp3) is 0.786. The Labute approximate surface area is 126 Å². The number of rotatable bonds is 4. The molecule has 0 saturated carbocycles. The number of guanidine groups is 1. The zero-order valence-corrected chi connectivity index (χ0v) is 13.4. The molecule has 1 aromatic rings. The Morgan fingerprint density at radius 3 is 2.67 bits per heavy atom. The molecule has 1 aliphatic heterocycles. The minimum atomic E-state index is 0.471. The SMILES string of the molecule is CN=C(NCc1noc(C)n1)NC1CCN(C(C)C)CC1. The molecule has 1 aromatic heterocycles. The molecule has 21 heavy (non-hydrogen) atoms.